The van der Waals surface area contributed by atoms with Gasteiger partial charge in [-0.25, -0.2) is 21.6 Å². The molecule has 0 atom stereocenters. The number of methoxy groups -OCH3 is 1. The number of fused-ring (bicyclic) bond motifs is 2. The molecule has 2 amide bonds. The van der Waals surface area contributed by atoms with Crippen molar-refractivity contribution in [2.75, 3.05) is 28.6 Å². The monoisotopic (exact) mass is 800 g/mol. The number of benzene rings is 4. The van der Waals surface area contributed by atoms with Crippen LogP contribution in [0.15, 0.2) is 105 Å². The molecule has 16 nitrogen and oxygen atoms in total. The van der Waals surface area contributed by atoms with Crippen LogP contribution in [0.25, 0.3) is 12.2 Å². The Kier molecular flexibility index (Phi) is 13.8. The van der Waals surface area contributed by atoms with Crippen LogP contribution in [0.4, 0.5) is 27.5 Å². The number of allylic oxidation sites excluding steroid dienone is 2. The summed E-state index contributed by atoms with van der Waals surface area (Å²) >= 11 is 0. The van der Waals surface area contributed by atoms with Gasteiger partial charge < -0.3 is 24.5 Å². The van der Waals surface area contributed by atoms with Crippen molar-refractivity contribution < 1.29 is 104 Å². The summed E-state index contributed by atoms with van der Waals surface area (Å²) in [6, 6.07) is 20.5. The molecule has 4 aromatic rings. The number of ketones is 2. The van der Waals surface area contributed by atoms with Gasteiger partial charge in [-0.2, -0.15) is 10.2 Å². The molecule has 2 aliphatic carbocycles. The molecule has 55 heavy (non-hydrogen) atoms. The molecule has 6 rings (SSSR count). The molecule has 4 aromatic carbocycles. The number of hydrogen-bond acceptors (Lipinski definition) is 14. The number of rotatable bonds is 9. The number of carbonyl (C=O) groups is 3. The van der Waals surface area contributed by atoms with Crippen LogP contribution in [0.3, 0.4) is 0 Å². The Balaban J connectivity index is 0.00000336. The van der Waals surface area contributed by atoms with E-state index in [9.17, 15) is 40.3 Å². The van der Waals surface area contributed by atoms with E-state index in [0.717, 1.165) is 17.7 Å². The molecule has 0 saturated carbocycles. The quantitative estimate of drug-likeness (QED) is 0.0882. The maximum Gasteiger partial charge on any atom is 1.00 e. The largest absolute Gasteiger partial charge is 1.00 e. The van der Waals surface area contributed by atoms with Crippen molar-refractivity contribution >= 4 is 84.2 Å². The zero-order valence-electron chi connectivity index (χ0n) is 29.5. The number of para-hydroxylation sites is 3. The second-order valence-corrected chi connectivity index (χ2v) is 14.1. The number of hydrogen-bond donors (Lipinski definition) is 4. The van der Waals surface area contributed by atoms with Crippen molar-refractivity contribution in [3.05, 3.63) is 123 Å². The van der Waals surface area contributed by atoms with Gasteiger partial charge in [0, 0.05) is 22.5 Å². The molecule has 0 heterocycles. The Labute approximate surface area is 359 Å². The summed E-state index contributed by atoms with van der Waals surface area (Å²) in [6.45, 7) is 1.77. The average molecular weight is 801 g/mol. The van der Waals surface area contributed by atoms with Gasteiger partial charge in [0.05, 0.1) is 28.3 Å². The second kappa shape index (κ2) is 17.5. The molecular formula is C35H26N6Na2O10S2. The zero-order valence-corrected chi connectivity index (χ0v) is 35.2. The number of ether oxygens (including phenoxy) is 1. The first kappa shape index (κ1) is 43.3. The standard InChI is InChI=1S/C35H28N6O10S2.2Na/c1-19-7-3-4-8-26(19)38-40-31-29(52(45,46)47)17-20-15-22(11-13-24(20)33(31)42)36-35(44)37-23-12-14-25-21(16-23)18-30(53(48,49)50)32(34(25)43)41-39-27-9-5-6-10-28(27)51-2;;/h3-18,38-39H,1-2H3,(H2,36,37,44)(H,45,46,47)(H,48,49,50);;/q;2*+1/p-2/b40-31-,41-32-;;. The van der Waals surface area contributed by atoms with Crippen LogP contribution in [0.1, 0.15) is 37.4 Å². The number of carbonyl (C=O) groups excluding carboxylic acids is 3. The summed E-state index contributed by atoms with van der Waals surface area (Å²) in [5, 5.41) is 12.9. The number of amides is 2. The topological polar surface area (TPSA) is 248 Å². The maximum atomic E-state index is 13.3. The third-order valence-electron chi connectivity index (χ3n) is 7.95. The molecule has 0 radical (unpaired) electrons. The molecule has 0 fully saturated rings. The van der Waals surface area contributed by atoms with E-state index < -0.39 is 59.1 Å². The van der Waals surface area contributed by atoms with E-state index in [1.54, 1.807) is 55.5 Å². The third-order valence-corrected chi connectivity index (χ3v) is 9.65. The van der Waals surface area contributed by atoms with Gasteiger partial charge in [0.25, 0.3) is 0 Å². The van der Waals surface area contributed by atoms with Gasteiger partial charge in [-0.3, -0.25) is 20.4 Å². The molecule has 2 aliphatic rings. The smallest absolute Gasteiger partial charge is 0.744 e. The van der Waals surface area contributed by atoms with Crippen LogP contribution in [0.5, 0.6) is 5.75 Å². The number of urea groups is 1. The Hall–Kier alpha value is -4.47. The minimum atomic E-state index is -5.20. The predicted octanol–water partition coefficient (Wildman–Crippen LogP) is -1.24. The SMILES string of the molecule is COc1ccccc1N/N=C1\C(=O)c2ccc(NC(=O)Nc3ccc4c(c3)C=C(S(=O)(=O)[O-])/C(=N/Nc3ccccc3C)C4=O)cc2C=C1S(=O)(=O)[O-].[Na+].[Na+]. The van der Waals surface area contributed by atoms with Gasteiger partial charge in [0.15, 0.2) is 0 Å². The van der Waals surface area contributed by atoms with E-state index >= 15 is 0 Å². The van der Waals surface area contributed by atoms with Crippen molar-refractivity contribution in [1.29, 1.82) is 0 Å². The number of Topliss-reactive ketones (excluding diaryl/α,β-unsaturated/α-hetero) is 2. The maximum absolute atomic E-state index is 13.3. The summed E-state index contributed by atoms with van der Waals surface area (Å²) in [5.74, 6) is -1.37. The number of nitrogens with zero attached hydrogens (tertiary/aromatic N) is 2. The third kappa shape index (κ3) is 9.68. The van der Waals surface area contributed by atoms with E-state index in [4.69, 9.17) is 4.74 Å². The van der Waals surface area contributed by atoms with Crippen LogP contribution in [0.2, 0.25) is 0 Å². The van der Waals surface area contributed by atoms with Crippen molar-refractivity contribution in [2.45, 2.75) is 6.92 Å². The summed E-state index contributed by atoms with van der Waals surface area (Å²) in [5.41, 5.74) is 5.73. The number of hydrazone groups is 2. The molecule has 20 heteroatoms. The van der Waals surface area contributed by atoms with Gasteiger partial charge in [-0.15, -0.1) is 0 Å². The van der Waals surface area contributed by atoms with Crippen LogP contribution < -0.4 is 85.3 Å². The van der Waals surface area contributed by atoms with E-state index in [-0.39, 0.29) is 92.7 Å². The molecule has 270 valence electrons. The molecule has 0 unspecified atom stereocenters. The number of anilines is 4. The Morgan fingerprint density at radius 1 is 0.655 bits per heavy atom. The zero-order chi connectivity index (χ0) is 38.1. The molecule has 0 bridgehead atoms. The molecular weight excluding hydrogens is 775 g/mol. The van der Waals surface area contributed by atoms with E-state index in [2.05, 4.69) is 31.7 Å². The Morgan fingerprint density at radius 3 is 1.55 bits per heavy atom. The van der Waals surface area contributed by atoms with Gasteiger partial charge in [0.1, 0.15) is 37.4 Å². The summed E-state index contributed by atoms with van der Waals surface area (Å²) in [4.78, 5) is 37.9. The number of aryl methyl sites for hydroxylation is 1. The molecule has 4 N–H and O–H groups in total. The van der Waals surface area contributed by atoms with Crippen molar-refractivity contribution in [3.8, 4) is 5.75 Å². The van der Waals surface area contributed by atoms with Crippen LogP contribution >= 0.6 is 0 Å². The first-order chi connectivity index (χ1) is 25.1. The average Bonchev–Trinajstić information content (AvgIpc) is 3.10. The molecule has 0 aliphatic heterocycles. The fourth-order valence-corrected chi connectivity index (χ4v) is 6.68. The fourth-order valence-electron chi connectivity index (χ4n) is 5.39. The summed E-state index contributed by atoms with van der Waals surface area (Å²) in [6.07, 6.45) is 1.95. The normalized spacial score (nSPS) is 15.0. The van der Waals surface area contributed by atoms with Gasteiger partial charge in [-0.1, -0.05) is 30.3 Å². The molecule has 0 saturated heterocycles. The van der Waals surface area contributed by atoms with Crippen LogP contribution in [0, 0.1) is 6.92 Å². The minimum absolute atomic E-state index is 0. The van der Waals surface area contributed by atoms with E-state index in [1.807, 2.05) is 0 Å². The number of nitrogens with one attached hydrogen (secondary N) is 4. The Bertz CT molecular complexity index is 2590. The molecule has 0 aromatic heterocycles. The summed E-state index contributed by atoms with van der Waals surface area (Å²) in [7, 11) is -8.97. The Morgan fingerprint density at radius 2 is 1.09 bits per heavy atom. The van der Waals surface area contributed by atoms with Crippen LogP contribution in [-0.2, 0) is 20.2 Å². The van der Waals surface area contributed by atoms with Crippen molar-refractivity contribution in [2.24, 2.45) is 10.2 Å². The van der Waals surface area contributed by atoms with E-state index in [1.165, 1.54) is 43.5 Å². The predicted molar refractivity (Wildman–Crippen MR) is 196 cm³/mol. The van der Waals surface area contributed by atoms with Gasteiger partial charge >= 0.3 is 65.1 Å². The van der Waals surface area contributed by atoms with Gasteiger partial charge in [-0.05, 0) is 90.4 Å². The summed E-state index contributed by atoms with van der Waals surface area (Å²) < 4.78 is 78.3. The first-order valence-electron chi connectivity index (χ1n) is 15.3. The second-order valence-electron chi connectivity index (χ2n) is 11.4. The van der Waals surface area contributed by atoms with E-state index in [0.29, 0.717) is 17.1 Å². The molecule has 0 spiro atoms. The van der Waals surface area contributed by atoms with Crippen LogP contribution in [-0.4, -0.2) is 62.1 Å². The first-order valence-corrected chi connectivity index (χ1v) is 18.1. The fraction of sp³-hybridized carbons (Fsp3) is 0.0571. The minimum Gasteiger partial charge on any atom is -0.744 e. The van der Waals surface area contributed by atoms with Gasteiger partial charge in [0.2, 0.25) is 11.6 Å². The van der Waals surface area contributed by atoms with Crippen molar-refractivity contribution in [1.82, 2.24) is 0 Å². The van der Waals surface area contributed by atoms with Crippen molar-refractivity contribution in [3.63, 3.8) is 0 Å².